The van der Waals surface area contributed by atoms with E-state index >= 15 is 0 Å². The van der Waals surface area contributed by atoms with Crippen LogP contribution < -0.4 is 9.47 Å². The summed E-state index contributed by atoms with van der Waals surface area (Å²) in [7, 11) is 0. The van der Waals surface area contributed by atoms with Gasteiger partial charge in [-0.15, -0.1) is 0 Å². The molecule has 0 saturated heterocycles. The highest BCUT2D eigenvalue weighted by Crippen LogP contribution is 2.30. The predicted molar refractivity (Wildman–Crippen MR) is 51.8 cm³/mol. The minimum atomic E-state index is 0.154. The van der Waals surface area contributed by atoms with Crippen molar-refractivity contribution in [1.82, 2.24) is 0 Å². The molecule has 0 bridgehead atoms. The minimum Gasteiger partial charge on any atom is -0.486 e. The lowest BCUT2D eigenvalue weighted by atomic mass is 10.1. The largest absolute Gasteiger partial charge is 0.486 e. The Balaban J connectivity index is 2.24. The number of ether oxygens (including phenoxy) is 2. The van der Waals surface area contributed by atoms with E-state index in [0.29, 0.717) is 19.6 Å². The van der Waals surface area contributed by atoms with Gasteiger partial charge in [0.2, 0.25) is 0 Å². The van der Waals surface area contributed by atoms with Crippen LogP contribution in [0, 0.1) is 0 Å². The lowest BCUT2D eigenvalue weighted by Gasteiger charge is -2.18. The second-order valence-corrected chi connectivity index (χ2v) is 3.36. The molecule has 0 radical (unpaired) electrons. The molecule has 0 fully saturated rings. The summed E-state index contributed by atoms with van der Waals surface area (Å²) in [4.78, 5) is 10.9. The van der Waals surface area contributed by atoms with Gasteiger partial charge in [-0.25, -0.2) is 0 Å². The van der Waals surface area contributed by atoms with Crippen LogP contribution in [0.2, 0.25) is 0 Å². The normalized spacial score (nSPS) is 13.8. The van der Waals surface area contributed by atoms with Crippen molar-refractivity contribution in [3.05, 3.63) is 23.8 Å². The minimum absolute atomic E-state index is 0.154. The number of ketones is 1. The van der Waals surface area contributed by atoms with Crippen LogP contribution in [0.15, 0.2) is 18.2 Å². The van der Waals surface area contributed by atoms with Crippen molar-refractivity contribution in [3.63, 3.8) is 0 Å². The Hall–Kier alpha value is -1.51. The highest BCUT2D eigenvalue weighted by molar-refractivity contribution is 5.78. The molecule has 0 N–H and O–H groups in total. The average molecular weight is 192 g/mol. The Kier molecular flexibility index (Phi) is 2.39. The number of rotatable bonds is 2. The van der Waals surface area contributed by atoms with Gasteiger partial charge in [0, 0.05) is 6.42 Å². The summed E-state index contributed by atoms with van der Waals surface area (Å²) in [5, 5.41) is 0. The molecule has 14 heavy (non-hydrogen) atoms. The molecule has 1 aromatic rings. The van der Waals surface area contributed by atoms with Crippen molar-refractivity contribution >= 4 is 5.78 Å². The summed E-state index contributed by atoms with van der Waals surface area (Å²) in [5.74, 6) is 1.67. The van der Waals surface area contributed by atoms with E-state index in [1.165, 1.54) is 0 Å². The predicted octanol–water partition coefficient (Wildman–Crippen LogP) is 1.59. The van der Waals surface area contributed by atoms with Crippen LogP contribution in [-0.2, 0) is 11.2 Å². The van der Waals surface area contributed by atoms with E-state index in [4.69, 9.17) is 9.47 Å². The fourth-order valence-corrected chi connectivity index (χ4v) is 1.49. The zero-order chi connectivity index (χ0) is 9.97. The molecule has 74 valence electrons. The first kappa shape index (κ1) is 9.06. The first-order valence-corrected chi connectivity index (χ1v) is 4.63. The van der Waals surface area contributed by atoms with Gasteiger partial charge >= 0.3 is 0 Å². The van der Waals surface area contributed by atoms with Crippen LogP contribution in [0.5, 0.6) is 11.5 Å². The second-order valence-electron chi connectivity index (χ2n) is 3.36. The van der Waals surface area contributed by atoms with Crippen molar-refractivity contribution in [2.24, 2.45) is 0 Å². The second kappa shape index (κ2) is 3.70. The number of benzene rings is 1. The maximum Gasteiger partial charge on any atom is 0.161 e. The van der Waals surface area contributed by atoms with Crippen LogP contribution in [0.3, 0.4) is 0 Å². The lowest BCUT2D eigenvalue weighted by Crippen LogP contribution is -2.15. The lowest BCUT2D eigenvalue weighted by molar-refractivity contribution is -0.116. The molecule has 0 unspecified atom stereocenters. The Bertz CT molecular complexity index is 358. The van der Waals surface area contributed by atoms with E-state index in [1.54, 1.807) is 6.92 Å². The molecule has 2 rings (SSSR count). The highest BCUT2D eigenvalue weighted by atomic mass is 16.6. The number of fused-ring (bicyclic) bond motifs is 1. The summed E-state index contributed by atoms with van der Waals surface area (Å²) in [5.41, 5.74) is 0.974. The molecule has 0 aliphatic carbocycles. The van der Waals surface area contributed by atoms with E-state index in [2.05, 4.69) is 0 Å². The third-order valence-corrected chi connectivity index (χ3v) is 2.06. The molecule has 3 heteroatoms. The molecular formula is C11H12O3. The molecule has 1 aliphatic rings. The van der Waals surface area contributed by atoms with Gasteiger partial charge in [0.1, 0.15) is 19.0 Å². The van der Waals surface area contributed by atoms with E-state index < -0.39 is 0 Å². The van der Waals surface area contributed by atoms with Gasteiger partial charge in [0.25, 0.3) is 0 Å². The van der Waals surface area contributed by atoms with E-state index in [0.717, 1.165) is 17.1 Å². The molecule has 1 heterocycles. The van der Waals surface area contributed by atoms with Crippen molar-refractivity contribution in [2.45, 2.75) is 13.3 Å². The van der Waals surface area contributed by atoms with E-state index in [9.17, 15) is 4.79 Å². The monoisotopic (exact) mass is 192 g/mol. The number of carbonyl (C=O) groups excluding carboxylic acids is 1. The molecule has 3 nitrogen and oxygen atoms in total. The summed E-state index contributed by atoms with van der Waals surface area (Å²) in [6.07, 6.45) is 0.455. The fraction of sp³-hybridized carbons (Fsp3) is 0.364. The zero-order valence-corrected chi connectivity index (χ0v) is 8.08. The van der Waals surface area contributed by atoms with Crippen molar-refractivity contribution < 1.29 is 14.3 Å². The third-order valence-electron chi connectivity index (χ3n) is 2.06. The summed E-state index contributed by atoms with van der Waals surface area (Å²) in [6.45, 7) is 2.76. The Morgan fingerprint density at radius 3 is 2.71 bits per heavy atom. The summed E-state index contributed by atoms with van der Waals surface area (Å²) < 4.78 is 10.8. The van der Waals surface area contributed by atoms with Gasteiger partial charge < -0.3 is 9.47 Å². The van der Waals surface area contributed by atoms with Gasteiger partial charge in [-0.3, -0.25) is 4.79 Å². The average Bonchev–Trinajstić information content (AvgIpc) is 2.17. The molecule has 1 aliphatic heterocycles. The molecular weight excluding hydrogens is 180 g/mol. The molecule has 0 spiro atoms. The van der Waals surface area contributed by atoms with Crippen molar-refractivity contribution in [1.29, 1.82) is 0 Å². The Morgan fingerprint density at radius 2 is 2.00 bits per heavy atom. The standard InChI is InChI=1S/C11H12O3/c1-8(12)6-9-2-3-10-11(7-9)14-5-4-13-10/h2-3,7H,4-6H2,1H3. The Morgan fingerprint density at radius 1 is 1.29 bits per heavy atom. The Labute approximate surface area is 82.6 Å². The van der Waals surface area contributed by atoms with Gasteiger partial charge in [-0.2, -0.15) is 0 Å². The van der Waals surface area contributed by atoms with Gasteiger partial charge in [-0.1, -0.05) is 6.07 Å². The number of hydrogen-bond donors (Lipinski definition) is 0. The summed E-state index contributed by atoms with van der Waals surface area (Å²) >= 11 is 0. The maximum absolute atomic E-state index is 10.9. The molecule has 0 aromatic heterocycles. The fourth-order valence-electron chi connectivity index (χ4n) is 1.49. The van der Waals surface area contributed by atoms with Gasteiger partial charge in [0.05, 0.1) is 0 Å². The highest BCUT2D eigenvalue weighted by Gasteiger charge is 2.11. The smallest absolute Gasteiger partial charge is 0.161 e. The number of hydrogen-bond acceptors (Lipinski definition) is 3. The van der Waals surface area contributed by atoms with E-state index in [1.807, 2.05) is 18.2 Å². The van der Waals surface area contributed by atoms with Crippen LogP contribution in [0.1, 0.15) is 12.5 Å². The van der Waals surface area contributed by atoms with Crippen molar-refractivity contribution in [3.8, 4) is 11.5 Å². The van der Waals surface area contributed by atoms with E-state index in [-0.39, 0.29) is 5.78 Å². The first-order chi connectivity index (χ1) is 6.75. The number of carbonyl (C=O) groups is 1. The van der Waals surface area contributed by atoms with Gasteiger partial charge in [0.15, 0.2) is 11.5 Å². The molecule has 0 saturated carbocycles. The number of Topliss-reactive ketones (excluding diaryl/α,β-unsaturated/α-hetero) is 1. The molecule has 0 atom stereocenters. The molecule has 0 amide bonds. The van der Waals surface area contributed by atoms with Crippen LogP contribution in [-0.4, -0.2) is 19.0 Å². The third kappa shape index (κ3) is 1.87. The maximum atomic E-state index is 10.9. The topological polar surface area (TPSA) is 35.5 Å². The quantitative estimate of drug-likeness (QED) is 0.713. The first-order valence-electron chi connectivity index (χ1n) is 4.63. The van der Waals surface area contributed by atoms with Gasteiger partial charge in [-0.05, 0) is 24.6 Å². The van der Waals surface area contributed by atoms with Crippen LogP contribution in [0.4, 0.5) is 0 Å². The summed E-state index contributed by atoms with van der Waals surface area (Å²) in [6, 6.07) is 5.62. The van der Waals surface area contributed by atoms with Crippen molar-refractivity contribution in [2.75, 3.05) is 13.2 Å². The molecule has 1 aromatic carbocycles. The SMILES string of the molecule is CC(=O)Cc1ccc2c(c1)OCCO2. The van der Waals surface area contributed by atoms with Crippen LogP contribution in [0.25, 0.3) is 0 Å². The van der Waals surface area contributed by atoms with Crippen LogP contribution >= 0.6 is 0 Å². The zero-order valence-electron chi connectivity index (χ0n) is 8.08.